The maximum Gasteiger partial charge on any atom is 0.269 e. The zero-order chi connectivity index (χ0) is 9.35. The molecule has 1 amide bonds. The fourth-order valence-electron chi connectivity index (χ4n) is 1.22. The fourth-order valence-corrected chi connectivity index (χ4v) is 1.22. The van der Waals surface area contributed by atoms with E-state index >= 15 is 0 Å². The molecule has 0 aromatic rings. The number of hydroxylamine groups is 2. The topological polar surface area (TPSA) is 40.5 Å². The summed E-state index contributed by atoms with van der Waals surface area (Å²) >= 11 is 0. The molecule has 0 aliphatic carbocycles. The second-order valence-corrected chi connectivity index (χ2v) is 4.13. The van der Waals surface area contributed by atoms with Crippen LogP contribution >= 0.6 is 0 Å². The van der Waals surface area contributed by atoms with Crippen LogP contribution in [0.25, 0.3) is 0 Å². The Morgan fingerprint density at radius 1 is 1.50 bits per heavy atom. The third-order valence-electron chi connectivity index (χ3n) is 2.11. The van der Waals surface area contributed by atoms with Crippen LogP contribution in [0.2, 0.25) is 0 Å². The van der Waals surface area contributed by atoms with Crippen LogP contribution in [0.4, 0.5) is 0 Å². The van der Waals surface area contributed by atoms with Gasteiger partial charge in [-0.3, -0.25) is 10.0 Å². The lowest BCUT2D eigenvalue weighted by atomic mass is 9.83. The van der Waals surface area contributed by atoms with E-state index < -0.39 is 0 Å². The summed E-state index contributed by atoms with van der Waals surface area (Å²) in [5.41, 5.74) is 1.15. The first kappa shape index (κ1) is 9.26. The first-order valence-electron chi connectivity index (χ1n) is 4.12. The molecule has 0 aromatic carbocycles. The van der Waals surface area contributed by atoms with Crippen LogP contribution in [0, 0.1) is 5.41 Å². The zero-order valence-electron chi connectivity index (χ0n) is 7.79. The highest BCUT2D eigenvalue weighted by molar-refractivity contribution is 5.88. The second kappa shape index (κ2) is 2.90. The third-order valence-corrected chi connectivity index (χ3v) is 2.11. The lowest BCUT2D eigenvalue weighted by molar-refractivity contribution is -0.160. The fraction of sp³-hybridized carbons (Fsp3) is 0.667. The summed E-state index contributed by atoms with van der Waals surface area (Å²) in [5, 5.41) is 9.76. The van der Waals surface area contributed by atoms with Gasteiger partial charge in [0.2, 0.25) is 0 Å². The molecule has 1 aliphatic rings. The molecule has 1 aliphatic heterocycles. The van der Waals surface area contributed by atoms with Crippen molar-refractivity contribution >= 4 is 5.91 Å². The number of rotatable bonds is 0. The lowest BCUT2D eigenvalue weighted by Crippen LogP contribution is -2.33. The summed E-state index contributed by atoms with van der Waals surface area (Å²) < 4.78 is 0. The number of amides is 1. The van der Waals surface area contributed by atoms with Gasteiger partial charge in [-0.2, -0.15) is 0 Å². The molecule has 0 radical (unpaired) electrons. The van der Waals surface area contributed by atoms with Crippen molar-refractivity contribution in [1.82, 2.24) is 5.06 Å². The molecule has 0 saturated carbocycles. The van der Waals surface area contributed by atoms with Gasteiger partial charge in [0, 0.05) is 6.08 Å². The van der Waals surface area contributed by atoms with Crippen molar-refractivity contribution in [2.24, 2.45) is 5.41 Å². The van der Waals surface area contributed by atoms with E-state index in [9.17, 15) is 4.79 Å². The Morgan fingerprint density at radius 2 is 2.08 bits per heavy atom. The van der Waals surface area contributed by atoms with Crippen molar-refractivity contribution in [2.45, 2.75) is 27.2 Å². The number of hydrogen-bond donors (Lipinski definition) is 1. The van der Waals surface area contributed by atoms with Crippen molar-refractivity contribution in [2.75, 3.05) is 6.54 Å². The van der Waals surface area contributed by atoms with Crippen LogP contribution in [0.1, 0.15) is 27.2 Å². The number of hydrogen-bond acceptors (Lipinski definition) is 2. The number of carbonyl (C=O) groups is 1. The molecule has 0 unspecified atom stereocenters. The zero-order valence-corrected chi connectivity index (χ0v) is 7.79. The molecule has 0 atom stereocenters. The maximum atomic E-state index is 11.1. The molecular weight excluding hydrogens is 154 g/mol. The highest BCUT2D eigenvalue weighted by Gasteiger charge is 2.24. The quantitative estimate of drug-likeness (QED) is 0.559. The number of nitrogens with zero attached hydrogens (tertiary/aromatic N) is 1. The van der Waals surface area contributed by atoms with Crippen LogP contribution in [-0.4, -0.2) is 22.7 Å². The Hall–Kier alpha value is -0.830. The standard InChI is InChI=1S/C9H15NO2/c1-9(2,3)7-4-5-10(12)8(11)6-7/h6,12H,4-5H2,1-3H3. The molecule has 1 heterocycles. The summed E-state index contributed by atoms with van der Waals surface area (Å²) in [6.07, 6.45) is 2.30. The summed E-state index contributed by atoms with van der Waals surface area (Å²) in [7, 11) is 0. The van der Waals surface area contributed by atoms with E-state index in [0.29, 0.717) is 6.54 Å². The van der Waals surface area contributed by atoms with E-state index in [4.69, 9.17) is 5.21 Å². The van der Waals surface area contributed by atoms with Gasteiger partial charge in [-0.25, -0.2) is 5.06 Å². The van der Waals surface area contributed by atoms with Crippen LogP contribution < -0.4 is 0 Å². The van der Waals surface area contributed by atoms with Gasteiger partial charge >= 0.3 is 0 Å². The lowest BCUT2D eigenvalue weighted by Gasteiger charge is -2.28. The van der Waals surface area contributed by atoms with Gasteiger partial charge < -0.3 is 0 Å². The summed E-state index contributed by atoms with van der Waals surface area (Å²) in [5.74, 6) is -0.300. The van der Waals surface area contributed by atoms with Gasteiger partial charge in [0.05, 0.1) is 6.54 Å². The van der Waals surface area contributed by atoms with E-state index in [-0.39, 0.29) is 11.3 Å². The molecule has 1 rings (SSSR count). The normalized spacial score (nSPS) is 19.5. The SMILES string of the molecule is CC(C)(C)C1=CC(=O)N(O)CC1. The molecule has 0 bridgehead atoms. The van der Waals surface area contributed by atoms with Crippen molar-refractivity contribution in [1.29, 1.82) is 0 Å². The highest BCUT2D eigenvalue weighted by atomic mass is 16.5. The summed E-state index contributed by atoms with van der Waals surface area (Å²) in [6, 6.07) is 0. The highest BCUT2D eigenvalue weighted by Crippen LogP contribution is 2.29. The molecule has 1 N–H and O–H groups in total. The maximum absolute atomic E-state index is 11.1. The van der Waals surface area contributed by atoms with Gasteiger partial charge in [0.15, 0.2) is 0 Å². The molecule has 3 heteroatoms. The average Bonchev–Trinajstić information content (AvgIpc) is 1.92. The minimum absolute atomic E-state index is 0.0386. The molecule has 3 nitrogen and oxygen atoms in total. The van der Waals surface area contributed by atoms with Gasteiger partial charge in [-0.05, 0) is 11.8 Å². The van der Waals surface area contributed by atoms with Crippen molar-refractivity contribution in [3.05, 3.63) is 11.6 Å². The Kier molecular flexibility index (Phi) is 2.24. The molecule has 68 valence electrons. The smallest absolute Gasteiger partial charge is 0.269 e. The van der Waals surface area contributed by atoms with Crippen molar-refractivity contribution in [3.63, 3.8) is 0 Å². The second-order valence-electron chi connectivity index (χ2n) is 4.13. The van der Waals surface area contributed by atoms with E-state index in [0.717, 1.165) is 17.1 Å². The monoisotopic (exact) mass is 169 g/mol. The predicted molar refractivity (Wildman–Crippen MR) is 45.7 cm³/mol. The minimum Gasteiger partial charge on any atom is -0.286 e. The van der Waals surface area contributed by atoms with E-state index in [2.05, 4.69) is 20.8 Å². The first-order valence-corrected chi connectivity index (χ1v) is 4.12. The van der Waals surface area contributed by atoms with E-state index in [1.807, 2.05) is 0 Å². The minimum atomic E-state index is -0.300. The van der Waals surface area contributed by atoms with Gasteiger partial charge in [-0.1, -0.05) is 26.3 Å². The van der Waals surface area contributed by atoms with Gasteiger partial charge in [0.1, 0.15) is 0 Å². The first-order chi connectivity index (χ1) is 5.41. The number of carbonyl (C=O) groups excluding carboxylic acids is 1. The molecule has 0 spiro atoms. The largest absolute Gasteiger partial charge is 0.286 e. The van der Waals surface area contributed by atoms with Crippen molar-refractivity contribution in [3.8, 4) is 0 Å². The molecule has 0 aromatic heterocycles. The van der Waals surface area contributed by atoms with Crippen LogP contribution in [0.3, 0.4) is 0 Å². The van der Waals surface area contributed by atoms with Crippen LogP contribution in [-0.2, 0) is 4.79 Å². The molecule has 0 saturated heterocycles. The van der Waals surface area contributed by atoms with E-state index in [1.54, 1.807) is 0 Å². The summed E-state index contributed by atoms with van der Waals surface area (Å²) in [6.45, 7) is 6.62. The predicted octanol–water partition coefficient (Wildman–Crippen LogP) is 1.58. The van der Waals surface area contributed by atoms with Crippen molar-refractivity contribution < 1.29 is 10.0 Å². The van der Waals surface area contributed by atoms with Gasteiger partial charge in [0.25, 0.3) is 5.91 Å². The average molecular weight is 169 g/mol. The Balaban J connectivity index is 2.83. The Morgan fingerprint density at radius 3 is 2.50 bits per heavy atom. The Bertz CT molecular complexity index is 225. The van der Waals surface area contributed by atoms with E-state index in [1.165, 1.54) is 6.08 Å². The molecule has 0 fully saturated rings. The van der Waals surface area contributed by atoms with Crippen LogP contribution in [0.5, 0.6) is 0 Å². The van der Waals surface area contributed by atoms with Gasteiger partial charge in [-0.15, -0.1) is 0 Å². The Labute approximate surface area is 72.6 Å². The third kappa shape index (κ3) is 1.85. The van der Waals surface area contributed by atoms with Crippen LogP contribution in [0.15, 0.2) is 11.6 Å². The molecular formula is C9H15NO2. The molecule has 12 heavy (non-hydrogen) atoms. The summed E-state index contributed by atoms with van der Waals surface area (Å²) in [4.78, 5) is 11.1.